The predicted molar refractivity (Wildman–Crippen MR) is 46.5 cm³/mol. The molecule has 0 aromatic carbocycles. The van der Waals surface area contributed by atoms with E-state index >= 15 is 0 Å². The van der Waals surface area contributed by atoms with Crippen molar-refractivity contribution >= 4 is 5.78 Å². The molecule has 4 atom stereocenters. The first kappa shape index (κ1) is 6.64. The molecule has 1 saturated carbocycles. The largest absolute Gasteiger partial charge is 0.295 e. The SMILES string of the molecule is O=C1C=CC2C3C=CC(C3)C2C1. The molecule has 3 aliphatic carbocycles. The van der Waals surface area contributed by atoms with E-state index in [1.807, 2.05) is 0 Å². The topological polar surface area (TPSA) is 17.1 Å². The maximum atomic E-state index is 11.2. The molecule has 1 fully saturated rings. The van der Waals surface area contributed by atoms with Gasteiger partial charge in [0.15, 0.2) is 5.78 Å². The molecule has 0 radical (unpaired) electrons. The minimum Gasteiger partial charge on any atom is -0.295 e. The van der Waals surface area contributed by atoms with Crippen LogP contribution in [0.3, 0.4) is 0 Å². The third-order valence-electron chi connectivity index (χ3n) is 3.63. The van der Waals surface area contributed by atoms with Gasteiger partial charge in [-0.2, -0.15) is 0 Å². The molecule has 4 unspecified atom stereocenters. The number of hydrogen-bond donors (Lipinski definition) is 0. The molecule has 0 aromatic rings. The summed E-state index contributed by atoms with van der Waals surface area (Å²) in [7, 11) is 0. The second-order valence-corrected chi connectivity index (χ2v) is 4.22. The molecule has 0 saturated heterocycles. The van der Waals surface area contributed by atoms with Crippen molar-refractivity contribution in [1.29, 1.82) is 0 Å². The Morgan fingerprint density at radius 3 is 2.92 bits per heavy atom. The highest BCUT2D eigenvalue weighted by molar-refractivity contribution is 5.90. The zero-order chi connectivity index (χ0) is 8.13. The molecular weight excluding hydrogens is 148 g/mol. The minimum atomic E-state index is 0.331. The number of fused-ring (bicyclic) bond motifs is 5. The average molecular weight is 160 g/mol. The lowest BCUT2D eigenvalue weighted by atomic mass is 9.77. The summed E-state index contributed by atoms with van der Waals surface area (Å²) < 4.78 is 0. The van der Waals surface area contributed by atoms with E-state index in [0.29, 0.717) is 23.5 Å². The monoisotopic (exact) mass is 160 g/mol. The normalized spacial score (nSPS) is 48.5. The van der Waals surface area contributed by atoms with Crippen LogP contribution in [0.15, 0.2) is 24.3 Å². The molecule has 3 rings (SSSR count). The molecule has 62 valence electrons. The van der Waals surface area contributed by atoms with Crippen LogP contribution in [0.1, 0.15) is 12.8 Å². The van der Waals surface area contributed by atoms with Gasteiger partial charge in [-0.1, -0.05) is 18.2 Å². The third-order valence-corrected chi connectivity index (χ3v) is 3.63. The van der Waals surface area contributed by atoms with Crippen LogP contribution < -0.4 is 0 Å². The Balaban J connectivity index is 1.99. The summed E-state index contributed by atoms with van der Waals surface area (Å²) in [5.74, 6) is 3.14. The van der Waals surface area contributed by atoms with Gasteiger partial charge < -0.3 is 0 Å². The number of hydrogen-bond acceptors (Lipinski definition) is 1. The maximum Gasteiger partial charge on any atom is 0.155 e. The van der Waals surface area contributed by atoms with Crippen LogP contribution in [0.4, 0.5) is 0 Å². The third kappa shape index (κ3) is 0.715. The van der Waals surface area contributed by atoms with E-state index in [1.54, 1.807) is 6.08 Å². The smallest absolute Gasteiger partial charge is 0.155 e. The van der Waals surface area contributed by atoms with Crippen molar-refractivity contribution in [3.8, 4) is 0 Å². The van der Waals surface area contributed by atoms with Crippen molar-refractivity contribution in [3.63, 3.8) is 0 Å². The maximum absolute atomic E-state index is 11.2. The molecule has 2 bridgehead atoms. The van der Waals surface area contributed by atoms with E-state index in [4.69, 9.17) is 0 Å². The van der Waals surface area contributed by atoms with Gasteiger partial charge in [0, 0.05) is 6.42 Å². The first-order valence-corrected chi connectivity index (χ1v) is 4.74. The average Bonchev–Trinajstić information content (AvgIpc) is 2.63. The van der Waals surface area contributed by atoms with Crippen molar-refractivity contribution in [2.45, 2.75) is 12.8 Å². The van der Waals surface area contributed by atoms with Gasteiger partial charge in [0.1, 0.15) is 0 Å². The molecule has 1 heteroatoms. The van der Waals surface area contributed by atoms with Crippen molar-refractivity contribution < 1.29 is 4.79 Å². The summed E-state index contributed by atoms with van der Waals surface area (Å²) in [5.41, 5.74) is 0. The number of allylic oxidation sites excluding steroid dienone is 4. The fraction of sp³-hybridized carbons (Fsp3) is 0.545. The lowest BCUT2D eigenvalue weighted by Gasteiger charge is -2.27. The standard InChI is InChI=1S/C11H12O/c12-9-3-4-10-7-1-2-8(5-7)11(10)6-9/h1-4,7-8,10-11H,5-6H2. The van der Waals surface area contributed by atoms with Gasteiger partial charge in [-0.25, -0.2) is 0 Å². The van der Waals surface area contributed by atoms with Crippen LogP contribution in [0.5, 0.6) is 0 Å². The Morgan fingerprint density at radius 2 is 2.00 bits per heavy atom. The van der Waals surface area contributed by atoms with Gasteiger partial charge >= 0.3 is 0 Å². The molecule has 0 aromatic heterocycles. The van der Waals surface area contributed by atoms with E-state index in [0.717, 1.165) is 12.3 Å². The minimum absolute atomic E-state index is 0.331. The first-order chi connectivity index (χ1) is 5.84. The number of carbonyl (C=O) groups is 1. The molecule has 3 aliphatic rings. The van der Waals surface area contributed by atoms with E-state index in [-0.39, 0.29) is 0 Å². The Morgan fingerprint density at radius 1 is 1.17 bits per heavy atom. The van der Waals surface area contributed by atoms with Gasteiger partial charge in [0.05, 0.1) is 0 Å². The second-order valence-electron chi connectivity index (χ2n) is 4.22. The molecule has 12 heavy (non-hydrogen) atoms. The van der Waals surface area contributed by atoms with Gasteiger partial charge in [-0.3, -0.25) is 4.79 Å². The van der Waals surface area contributed by atoms with E-state index in [9.17, 15) is 4.79 Å². The van der Waals surface area contributed by atoms with E-state index in [2.05, 4.69) is 18.2 Å². The highest BCUT2D eigenvalue weighted by Gasteiger charge is 2.44. The Hall–Kier alpha value is -0.850. The fourth-order valence-corrected chi connectivity index (χ4v) is 3.05. The van der Waals surface area contributed by atoms with Crippen LogP contribution in [0.25, 0.3) is 0 Å². The zero-order valence-corrected chi connectivity index (χ0v) is 6.94. The Kier molecular flexibility index (Phi) is 1.16. The molecule has 0 heterocycles. The number of ketones is 1. The van der Waals surface area contributed by atoms with Crippen LogP contribution in [0, 0.1) is 23.7 Å². The molecule has 0 amide bonds. The van der Waals surface area contributed by atoms with Crippen LogP contribution in [-0.4, -0.2) is 5.78 Å². The van der Waals surface area contributed by atoms with Crippen molar-refractivity contribution in [1.82, 2.24) is 0 Å². The molecule has 0 spiro atoms. The predicted octanol–water partition coefficient (Wildman–Crippen LogP) is 1.95. The molecule has 0 N–H and O–H groups in total. The zero-order valence-electron chi connectivity index (χ0n) is 6.94. The molecular formula is C11H12O. The summed E-state index contributed by atoms with van der Waals surface area (Å²) in [5, 5.41) is 0. The summed E-state index contributed by atoms with van der Waals surface area (Å²) in [6.45, 7) is 0. The number of carbonyl (C=O) groups excluding carboxylic acids is 1. The summed E-state index contributed by atoms with van der Waals surface area (Å²) in [6.07, 6.45) is 10.7. The van der Waals surface area contributed by atoms with E-state index in [1.165, 1.54) is 6.42 Å². The van der Waals surface area contributed by atoms with Crippen molar-refractivity contribution in [2.24, 2.45) is 23.7 Å². The van der Waals surface area contributed by atoms with Crippen LogP contribution >= 0.6 is 0 Å². The van der Waals surface area contributed by atoms with Crippen LogP contribution in [0.2, 0.25) is 0 Å². The van der Waals surface area contributed by atoms with Crippen LogP contribution in [-0.2, 0) is 4.79 Å². The summed E-state index contributed by atoms with van der Waals surface area (Å²) in [4.78, 5) is 11.2. The molecule has 1 nitrogen and oxygen atoms in total. The number of rotatable bonds is 0. The van der Waals surface area contributed by atoms with Gasteiger partial charge in [-0.05, 0) is 36.2 Å². The van der Waals surface area contributed by atoms with Gasteiger partial charge in [0.2, 0.25) is 0 Å². The van der Waals surface area contributed by atoms with Gasteiger partial charge in [-0.15, -0.1) is 0 Å². The summed E-state index contributed by atoms with van der Waals surface area (Å²) >= 11 is 0. The fourth-order valence-electron chi connectivity index (χ4n) is 3.05. The highest BCUT2D eigenvalue weighted by Crippen LogP contribution is 2.51. The second kappa shape index (κ2) is 2.09. The lowest BCUT2D eigenvalue weighted by Crippen LogP contribution is -2.23. The highest BCUT2D eigenvalue weighted by atomic mass is 16.1. The quantitative estimate of drug-likeness (QED) is 0.495. The lowest BCUT2D eigenvalue weighted by molar-refractivity contribution is -0.116. The van der Waals surface area contributed by atoms with Crippen molar-refractivity contribution in [2.75, 3.05) is 0 Å². The summed E-state index contributed by atoms with van der Waals surface area (Å²) in [6, 6.07) is 0. The van der Waals surface area contributed by atoms with Gasteiger partial charge in [0.25, 0.3) is 0 Å². The van der Waals surface area contributed by atoms with Crippen molar-refractivity contribution in [3.05, 3.63) is 24.3 Å². The Labute approximate surface area is 72.2 Å². The first-order valence-electron chi connectivity index (χ1n) is 4.74. The Bertz CT molecular complexity index is 287. The molecule has 0 aliphatic heterocycles. The van der Waals surface area contributed by atoms with E-state index < -0.39 is 0 Å².